The van der Waals surface area contributed by atoms with Gasteiger partial charge in [0.25, 0.3) is 0 Å². The van der Waals surface area contributed by atoms with Gasteiger partial charge in [0.1, 0.15) is 74.2 Å². The predicted octanol–water partition coefficient (Wildman–Crippen LogP) is 11.9. The van der Waals surface area contributed by atoms with Crippen molar-refractivity contribution in [1.29, 1.82) is 0 Å². The van der Waals surface area contributed by atoms with Crippen LogP contribution in [-0.4, -0.2) is 147 Å². The highest BCUT2D eigenvalue weighted by Crippen LogP contribution is 2.45. The molecule has 0 spiro atoms. The number of azide groups is 2. The van der Waals surface area contributed by atoms with E-state index in [9.17, 15) is 30.6 Å². The molecule has 5 heterocycles. The monoisotopic (exact) mass is 1340 g/mol. The highest BCUT2D eigenvalue weighted by atomic mass is 16.8. The maximum atomic E-state index is 14.4. The van der Waals surface area contributed by atoms with Crippen molar-refractivity contribution in [1.82, 2.24) is 4.90 Å². The standard InChI is InChI=1S/C73H75N7O18/c74-78-76-59-63(96-71-60(81)64(86-43-49-27-11-2-12-28-49)62-56(93-71)46-88-68(95-62)53-35-19-6-20-36-53)61(94-58-41-73(77-79-75,98-67(83)52-33-17-5-18-34-52)65-57(91-58)47-89-69(97-65)54-37-21-7-22-38-54)55(45-87-66(82)51-31-15-4-16-32-51)92-70(59)85-40-24-8-23-39-80(42-48-25-9-1-10-26-48)72(84)90-44-50-29-13-3-14-30-50/h1-7,9-22,25-38,55-65,68-71,81H,8,23-24,39-47H2/t55-,56-,57-,58+,59+,60-,61-,62-,63+,64+,65+,68?,69?,70-,71-,73-/m1/s1. The number of esters is 2. The lowest BCUT2D eigenvalue weighted by molar-refractivity contribution is -0.397. The Labute approximate surface area is 565 Å². The summed E-state index contributed by atoms with van der Waals surface area (Å²) in [5.41, 5.74) is 23.1. The Morgan fingerprint density at radius 3 is 1.74 bits per heavy atom. The lowest BCUT2D eigenvalue weighted by Crippen LogP contribution is -2.67. The molecule has 2 unspecified atom stereocenters. The molecule has 0 aromatic heterocycles. The van der Waals surface area contributed by atoms with Gasteiger partial charge in [-0.05, 0) is 76.4 Å². The molecule has 1 N–H and O–H groups in total. The number of carbonyl (C=O) groups is 3. The molecule has 7 aromatic carbocycles. The number of benzene rings is 7. The number of ether oxygens (including phenoxy) is 14. The minimum atomic E-state index is -2.23. The van der Waals surface area contributed by atoms with Gasteiger partial charge in [0.15, 0.2) is 31.5 Å². The topological polar surface area (TPSA) is 301 Å². The van der Waals surface area contributed by atoms with Gasteiger partial charge in [-0.3, -0.25) is 0 Å². The summed E-state index contributed by atoms with van der Waals surface area (Å²) in [6.07, 6.45) is -18.0. The van der Waals surface area contributed by atoms with Crippen LogP contribution in [0.5, 0.6) is 0 Å². The fourth-order valence-corrected chi connectivity index (χ4v) is 12.4. The van der Waals surface area contributed by atoms with Gasteiger partial charge in [0, 0.05) is 47.1 Å². The molecule has 16 atom stereocenters. The van der Waals surface area contributed by atoms with Crippen molar-refractivity contribution >= 4 is 18.0 Å². The summed E-state index contributed by atoms with van der Waals surface area (Å²) in [5, 5.41) is 21.3. The number of rotatable bonds is 27. The lowest BCUT2D eigenvalue weighted by atomic mass is 9.92. The molecule has 5 fully saturated rings. The molecule has 5 aliphatic heterocycles. The van der Waals surface area contributed by atoms with Crippen LogP contribution in [0.4, 0.5) is 4.79 Å². The summed E-state index contributed by atoms with van der Waals surface area (Å²) in [6, 6.07) is 61.4. The first-order valence-corrected chi connectivity index (χ1v) is 32.6. The Bertz CT molecular complexity index is 3760. The molecule has 25 heteroatoms. The van der Waals surface area contributed by atoms with Crippen molar-refractivity contribution in [3.63, 3.8) is 0 Å². The fourth-order valence-electron chi connectivity index (χ4n) is 12.4. The van der Waals surface area contributed by atoms with Gasteiger partial charge in [0.2, 0.25) is 5.72 Å². The molecule has 0 saturated carbocycles. The smallest absolute Gasteiger partial charge is 0.410 e. The third kappa shape index (κ3) is 17.4. The van der Waals surface area contributed by atoms with Crippen LogP contribution in [0.2, 0.25) is 0 Å². The van der Waals surface area contributed by atoms with Gasteiger partial charge < -0.3 is 76.3 Å². The summed E-state index contributed by atoms with van der Waals surface area (Å²) in [7, 11) is 0. The molecule has 0 radical (unpaired) electrons. The van der Waals surface area contributed by atoms with Crippen LogP contribution in [0, 0.1) is 0 Å². The Hall–Kier alpha value is -9.11. The molecule has 25 nitrogen and oxygen atoms in total. The van der Waals surface area contributed by atoms with Gasteiger partial charge >= 0.3 is 18.0 Å². The first-order chi connectivity index (χ1) is 48.1. The summed E-state index contributed by atoms with van der Waals surface area (Å²) in [6.45, 7) is -0.0856. The van der Waals surface area contributed by atoms with Crippen LogP contribution in [0.25, 0.3) is 20.9 Å². The van der Waals surface area contributed by atoms with Gasteiger partial charge in [-0.2, -0.15) is 0 Å². The second-order valence-corrected chi connectivity index (χ2v) is 24.0. The number of fused-ring (bicyclic) bond motifs is 2. The van der Waals surface area contributed by atoms with E-state index in [4.69, 9.17) is 66.3 Å². The zero-order valence-electron chi connectivity index (χ0n) is 53.4. The first kappa shape index (κ1) is 68.8. The number of carbonyl (C=O) groups excluding carboxylic acids is 3. The largest absolute Gasteiger partial charge is 0.459 e. The van der Waals surface area contributed by atoms with E-state index >= 15 is 0 Å². The van der Waals surface area contributed by atoms with Crippen LogP contribution < -0.4 is 0 Å². The van der Waals surface area contributed by atoms with E-state index in [0.717, 1.165) is 16.7 Å². The van der Waals surface area contributed by atoms with Gasteiger partial charge in [-0.15, -0.1) is 0 Å². The molecule has 1 amide bonds. The fraction of sp³-hybridized carbons (Fsp3) is 0.384. The third-order valence-electron chi connectivity index (χ3n) is 17.3. The normalized spacial score (nSPS) is 28.0. The summed E-state index contributed by atoms with van der Waals surface area (Å²) < 4.78 is 91.5. The van der Waals surface area contributed by atoms with E-state index in [1.165, 1.54) is 12.1 Å². The highest BCUT2D eigenvalue weighted by molar-refractivity contribution is 5.90. The summed E-state index contributed by atoms with van der Waals surface area (Å²) >= 11 is 0. The van der Waals surface area contributed by atoms with E-state index in [-0.39, 0.29) is 44.2 Å². The minimum absolute atomic E-state index is 0.00671. The summed E-state index contributed by atoms with van der Waals surface area (Å²) in [5.74, 6) is -1.62. The van der Waals surface area contributed by atoms with Crippen molar-refractivity contribution in [3.8, 4) is 0 Å². The number of hydrogen-bond acceptors (Lipinski definition) is 20. The molecule has 0 bridgehead atoms. The zero-order chi connectivity index (χ0) is 67.5. The van der Waals surface area contributed by atoms with Crippen LogP contribution >= 0.6 is 0 Å². The van der Waals surface area contributed by atoms with Crippen molar-refractivity contribution in [3.05, 3.63) is 272 Å². The molecular formula is C73H75N7O18. The molecule has 510 valence electrons. The lowest BCUT2D eigenvalue weighted by Gasteiger charge is -2.52. The Morgan fingerprint density at radius 1 is 0.551 bits per heavy atom. The second-order valence-electron chi connectivity index (χ2n) is 24.0. The van der Waals surface area contributed by atoms with Gasteiger partial charge in [-0.1, -0.05) is 193 Å². The van der Waals surface area contributed by atoms with Gasteiger partial charge in [-0.25, -0.2) is 14.4 Å². The van der Waals surface area contributed by atoms with Gasteiger partial charge in [0.05, 0.1) is 30.9 Å². The van der Waals surface area contributed by atoms with Crippen LogP contribution in [0.3, 0.4) is 0 Å². The number of amides is 1. The third-order valence-corrected chi connectivity index (χ3v) is 17.3. The first-order valence-electron chi connectivity index (χ1n) is 32.6. The van der Waals surface area contributed by atoms with E-state index < -0.39 is 129 Å². The quantitative estimate of drug-likeness (QED) is 0.0125. The maximum absolute atomic E-state index is 14.4. The number of aliphatic hydroxyl groups is 1. The molecule has 5 aliphatic rings. The Kier molecular flexibility index (Phi) is 23.8. The molecule has 7 aromatic rings. The van der Waals surface area contributed by atoms with E-state index in [0.29, 0.717) is 43.5 Å². The zero-order valence-corrected chi connectivity index (χ0v) is 53.4. The van der Waals surface area contributed by atoms with Crippen molar-refractivity contribution in [2.24, 2.45) is 10.2 Å². The SMILES string of the molecule is [N-]=[N+]=N[C@@H]1[C@H](OCCCCCN(Cc2ccccc2)C(=O)OCc2ccccc2)O[C@H](COC(=O)c2ccccc2)[C@@H](O[C@H]2C[C@@](N=[N+]=[N-])(OC(=O)c3ccccc3)[C@H]3OC(c4ccccc4)OC[C@H]3O2)[C@H]1O[C@H]1O[C@@H]2COC(c3ccccc3)O[C@H]2[C@@H](OCc2ccccc2)[C@H]1O. The minimum Gasteiger partial charge on any atom is -0.459 e. The van der Waals surface area contributed by atoms with Crippen molar-refractivity contribution in [2.75, 3.05) is 33.0 Å². The maximum Gasteiger partial charge on any atom is 0.410 e. The second kappa shape index (κ2) is 33.9. The average Bonchev–Trinajstić information content (AvgIpc) is 0.754. The van der Waals surface area contributed by atoms with Crippen LogP contribution in [0.15, 0.2) is 223 Å². The number of hydrogen-bond donors (Lipinski definition) is 1. The van der Waals surface area contributed by atoms with E-state index in [1.807, 2.05) is 127 Å². The van der Waals surface area contributed by atoms with Crippen LogP contribution in [-0.2, 0) is 86.1 Å². The number of unbranched alkanes of at least 4 members (excludes halogenated alkanes) is 2. The molecular weight excluding hydrogens is 1260 g/mol. The van der Waals surface area contributed by atoms with E-state index in [2.05, 4.69) is 20.1 Å². The molecule has 12 rings (SSSR count). The summed E-state index contributed by atoms with van der Waals surface area (Å²) in [4.78, 5) is 50.2. The Balaban J connectivity index is 0.866. The van der Waals surface area contributed by atoms with E-state index in [1.54, 1.807) is 77.7 Å². The number of nitrogens with zero attached hydrogens (tertiary/aromatic N) is 7. The number of aliphatic hydroxyl groups excluding tert-OH is 1. The molecule has 0 aliphatic carbocycles. The Morgan fingerprint density at radius 2 is 1.12 bits per heavy atom. The predicted molar refractivity (Wildman–Crippen MR) is 348 cm³/mol. The van der Waals surface area contributed by atoms with Crippen LogP contribution in [0.1, 0.15) is 86.8 Å². The van der Waals surface area contributed by atoms with Crippen molar-refractivity contribution < 1.29 is 85.8 Å². The molecule has 98 heavy (non-hydrogen) atoms. The van der Waals surface area contributed by atoms with Crippen molar-refractivity contribution in [2.45, 2.75) is 144 Å². The highest BCUT2D eigenvalue weighted by Gasteiger charge is 2.60. The molecule has 5 saturated heterocycles. The average molecular weight is 1340 g/mol.